The van der Waals surface area contributed by atoms with Crippen LogP contribution in [0.4, 0.5) is 5.13 Å². The Balaban J connectivity index is 1.78. The predicted molar refractivity (Wildman–Crippen MR) is 124 cm³/mol. The molecule has 0 bridgehead atoms. The van der Waals surface area contributed by atoms with Crippen LogP contribution in [-0.4, -0.2) is 57.5 Å². The third kappa shape index (κ3) is 3.44. The van der Waals surface area contributed by atoms with E-state index in [1.54, 1.807) is 12.1 Å². The molecule has 1 aliphatic heterocycles. The lowest BCUT2D eigenvalue weighted by Gasteiger charge is -2.20. The predicted octanol–water partition coefficient (Wildman–Crippen LogP) is 1.41. The molecule has 5 rings (SSSR count). The molecule has 1 atom stereocenters. The van der Waals surface area contributed by atoms with Gasteiger partial charge in [0, 0.05) is 30.3 Å². The van der Waals surface area contributed by atoms with Gasteiger partial charge in [-0.3, -0.25) is 5.14 Å². The Morgan fingerprint density at radius 3 is 2.75 bits per heavy atom. The number of H-pyrrole nitrogens is 1. The molecule has 3 heterocycles. The van der Waals surface area contributed by atoms with E-state index in [1.807, 2.05) is 18.2 Å². The first-order valence-corrected chi connectivity index (χ1v) is 12.7. The molecule has 0 aliphatic carbocycles. The molecule has 0 amide bonds. The monoisotopic (exact) mass is 489 g/mol. The number of benzene rings is 2. The quantitative estimate of drug-likeness (QED) is 0.299. The molecule has 32 heavy (non-hydrogen) atoms. The summed E-state index contributed by atoms with van der Waals surface area (Å²) in [4.78, 5) is 4.86. The summed E-state index contributed by atoms with van der Waals surface area (Å²) in [5, 5.41) is 20.8. The first-order valence-electron chi connectivity index (χ1n) is 9.59. The van der Waals surface area contributed by atoms with Gasteiger partial charge in [0.25, 0.3) is 0 Å². The van der Waals surface area contributed by atoms with Crippen molar-refractivity contribution in [2.45, 2.75) is 22.3 Å². The van der Waals surface area contributed by atoms with E-state index < -0.39 is 10.0 Å². The van der Waals surface area contributed by atoms with Crippen LogP contribution < -0.4 is 16.6 Å². The highest BCUT2D eigenvalue weighted by atomic mass is 32.2. The van der Waals surface area contributed by atoms with Crippen molar-refractivity contribution in [1.29, 1.82) is 0 Å². The van der Waals surface area contributed by atoms with Crippen LogP contribution in [0.15, 0.2) is 40.1 Å². The third-order valence-corrected chi connectivity index (χ3v) is 8.89. The Hall–Kier alpha value is -2.62. The molecule has 0 radical (unpaired) electrons. The fourth-order valence-corrected chi connectivity index (χ4v) is 7.20. The number of nitrogens with one attached hydrogen (secondary N) is 1. The fourth-order valence-electron chi connectivity index (χ4n) is 3.89. The summed E-state index contributed by atoms with van der Waals surface area (Å²) in [6.45, 7) is 0.614. The Kier molecular flexibility index (Phi) is 5.35. The van der Waals surface area contributed by atoms with E-state index in [-0.39, 0.29) is 23.3 Å². The molecule has 4 aromatic rings. The molecule has 7 N–H and O–H groups in total. The number of nitrogens with zero attached hydrogens (tertiary/aromatic N) is 5. The summed E-state index contributed by atoms with van der Waals surface area (Å²) in [6, 6.07) is 8.79. The Labute approximate surface area is 191 Å². The Morgan fingerprint density at radius 1 is 1.22 bits per heavy atom. The molecule has 1 fully saturated rings. The molecule has 1 unspecified atom stereocenters. The highest BCUT2D eigenvalue weighted by Crippen LogP contribution is 2.43. The van der Waals surface area contributed by atoms with E-state index >= 15 is 0 Å². The molecule has 1 aliphatic rings. The van der Waals surface area contributed by atoms with Gasteiger partial charge < -0.3 is 11.5 Å². The molecule has 0 saturated carbocycles. The number of hydrogen-bond acceptors (Lipinski definition) is 11. The molecular weight excluding hydrogens is 470 g/mol. The van der Waals surface area contributed by atoms with Crippen molar-refractivity contribution in [1.82, 2.24) is 29.9 Å². The van der Waals surface area contributed by atoms with Crippen molar-refractivity contribution in [2.75, 3.05) is 18.8 Å². The number of hydrogen-bond donors (Lipinski definition) is 4. The van der Waals surface area contributed by atoms with Crippen LogP contribution in [-0.2, 0) is 10.0 Å². The lowest BCUT2D eigenvalue weighted by Crippen LogP contribution is -2.32. The number of sulfonamides is 1. The van der Waals surface area contributed by atoms with Gasteiger partial charge in [-0.1, -0.05) is 29.5 Å². The highest BCUT2D eigenvalue weighted by Gasteiger charge is 2.34. The number of thiazole rings is 1. The normalized spacial score (nSPS) is 17.4. The number of nitrogens with two attached hydrogens (primary N) is 3. The molecule has 1 saturated heterocycles. The van der Waals surface area contributed by atoms with Gasteiger partial charge in [0.05, 0.1) is 20.0 Å². The van der Waals surface area contributed by atoms with Crippen molar-refractivity contribution in [3.63, 3.8) is 0 Å². The highest BCUT2D eigenvalue weighted by molar-refractivity contribution is 7.98. The van der Waals surface area contributed by atoms with Gasteiger partial charge in [0.15, 0.2) is 5.13 Å². The second kappa shape index (κ2) is 8.06. The summed E-state index contributed by atoms with van der Waals surface area (Å²) in [5.74, 6) is 0.225. The first kappa shape index (κ1) is 21.2. The largest absolute Gasteiger partial charge is 0.375 e. The van der Waals surface area contributed by atoms with Crippen molar-refractivity contribution in [2.24, 2.45) is 10.9 Å². The summed E-state index contributed by atoms with van der Waals surface area (Å²) in [6.07, 6.45) is 0.605. The Morgan fingerprint density at radius 2 is 2.06 bits per heavy atom. The minimum Gasteiger partial charge on any atom is -0.375 e. The minimum absolute atomic E-state index is 0.0765. The van der Waals surface area contributed by atoms with E-state index in [2.05, 4.69) is 25.6 Å². The van der Waals surface area contributed by atoms with Crippen molar-refractivity contribution >= 4 is 48.7 Å². The van der Waals surface area contributed by atoms with Crippen molar-refractivity contribution in [3.05, 3.63) is 30.3 Å². The van der Waals surface area contributed by atoms with Gasteiger partial charge in [-0.05, 0) is 41.3 Å². The molecule has 2 aromatic heterocycles. The summed E-state index contributed by atoms with van der Waals surface area (Å²) >= 11 is 2.20. The minimum atomic E-state index is -3.83. The van der Waals surface area contributed by atoms with Crippen LogP contribution in [0.3, 0.4) is 0 Å². The van der Waals surface area contributed by atoms with Gasteiger partial charge >= 0.3 is 0 Å². The lowest BCUT2D eigenvalue weighted by molar-refractivity contribution is 0.471. The van der Waals surface area contributed by atoms with Crippen LogP contribution in [0.5, 0.6) is 0 Å². The van der Waals surface area contributed by atoms with E-state index in [9.17, 15) is 8.42 Å². The zero-order chi connectivity index (χ0) is 22.5. The number of para-hydroxylation sites is 1. The first-order chi connectivity index (χ1) is 15.4. The van der Waals surface area contributed by atoms with Crippen LogP contribution >= 0.6 is 23.3 Å². The van der Waals surface area contributed by atoms with E-state index in [0.717, 1.165) is 22.2 Å². The standard InChI is InChI=1S/C18H19N9O2S3/c19-9-6-7-27(8-9)32(28,29)13-5-4-10(14(16(13)31-21)17-23-25-26-24-17)11-2-1-3-12-15(11)22-18(20)30-12/h1-5,9H,6-8,19,21H2,(H2,20,22)(H,23,24,25,26). The van der Waals surface area contributed by atoms with E-state index in [4.69, 9.17) is 16.6 Å². The van der Waals surface area contributed by atoms with E-state index in [1.165, 1.54) is 15.6 Å². The number of nitrogen functional groups attached to an aromatic ring is 1. The average Bonchev–Trinajstić information content (AvgIpc) is 3.52. The van der Waals surface area contributed by atoms with Gasteiger partial charge in [0.2, 0.25) is 15.8 Å². The fraction of sp³-hybridized carbons (Fsp3) is 0.222. The zero-order valence-electron chi connectivity index (χ0n) is 16.6. The second-order valence-corrected chi connectivity index (χ2v) is 10.9. The van der Waals surface area contributed by atoms with Crippen LogP contribution in [0.25, 0.3) is 32.7 Å². The summed E-state index contributed by atoms with van der Waals surface area (Å²) in [7, 11) is -3.83. The molecule has 14 heteroatoms. The van der Waals surface area contributed by atoms with Crippen molar-refractivity contribution in [3.8, 4) is 22.5 Å². The van der Waals surface area contributed by atoms with Crippen LogP contribution in [0.2, 0.25) is 0 Å². The number of tetrazole rings is 1. The smallest absolute Gasteiger partial charge is 0.244 e. The SMILES string of the molecule is NSc1c(S(=O)(=O)N2CCC(N)C2)ccc(-c2cccc3sc(N)nc23)c1-c1nn[nH]n1. The molecular formula is C18H19N9O2S3. The maximum atomic E-state index is 13.5. The average molecular weight is 490 g/mol. The van der Waals surface area contributed by atoms with Crippen molar-refractivity contribution < 1.29 is 8.42 Å². The zero-order valence-corrected chi connectivity index (χ0v) is 19.0. The topological polar surface area (TPSA) is 183 Å². The van der Waals surface area contributed by atoms with Crippen LogP contribution in [0.1, 0.15) is 6.42 Å². The summed E-state index contributed by atoms with van der Waals surface area (Å²) < 4.78 is 29.2. The number of rotatable bonds is 5. The maximum Gasteiger partial charge on any atom is 0.244 e. The maximum absolute atomic E-state index is 13.5. The number of anilines is 1. The number of fused-ring (bicyclic) bond motifs is 1. The molecule has 2 aromatic carbocycles. The van der Waals surface area contributed by atoms with Gasteiger partial charge in [0.1, 0.15) is 0 Å². The number of aromatic amines is 1. The second-order valence-electron chi connectivity index (χ2n) is 7.28. The molecule has 0 spiro atoms. The summed E-state index contributed by atoms with van der Waals surface area (Å²) in [5.41, 5.74) is 14.5. The molecule has 166 valence electrons. The van der Waals surface area contributed by atoms with Gasteiger partial charge in [-0.2, -0.15) is 9.52 Å². The van der Waals surface area contributed by atoms with Gasteiger partial charge in [-0.15, -0.1) is 10.2 Å². The molecule has 11 nitrogen and oxygen atoms in total. The third-order valence-electron chi connectivity index (χ3n) is 5.34. The van der Waals surface area contributed by atoms with Crippen LogP contribution in [0, 0.1) is 0 Å². The lowest BCUT2D eigenvalue weighted by atomic mass is 9.98. The van der Waals surface area contributed by atoms with Gasteiger partial charge in [-0.25, -0.2) is 13.4 Å². The van der Waals surface area contributed by atoms with E-state index in [0.29, 0.717) is 39.6 Å². The Bertz CT molecular complexity index is 1400. The number of aromatic nitrogens is 5.